The average molecular weight is 602 g/mol. The van der Waals surface area contributed by atoms with E-state index in [-0.39, 0.29) is 12.2 Å². The van der Waals surface area contributed by atoms with Gasteiger partial charge in [0.15, 0.2) is 11.5 Å². The van der Waals surface area contributed by atoms with Crippen molar-refractivity contribution in [2.24, 2.45) is 5.73 Å². The zero-order chi connectivity index (χ0) is 32.0. The van der Waals surface area contributed by atoms with Gasteiger partial charge in [-0.3, -0.25) is 19.1 Å². The van der Waals surface area contributed by atoms with Crippen molar-refractivity contribution in [2.75, 3.05) is 19.5 Å². The van der Waals surface area contributed by atoms with Crippen molar-refractivity contribution >= 4 is 34.2 Å². The van der Waals surface area contributed by atoms with Gasteiger partial charge in [0.1, 0.15) is 11.4 Å². The van der Waals surface area contributed by atoms with Gasteiger partial charge < -0.3 is 25.6 Å². The number of carbonyl (C=O) groups excluding carboxylic acids is 1. The minimum atomic E-state index is -1.42. The first-order valence-corrected chi connectivity index (χ1v) is 13.1. The zero-order valence-electron chi connectivity index (χ0n) is 23.9. The number of aromatic nitrogens is 3. The Labute approximate surface area is 249 Å². The Balaban J connectivity index is 0.000000204. The van der Waals surface area contributed by atoms with Crippen LogP contribution in [0.15, 0.2) is 88.7 Å². The minimum Gasteiger partial charge on any atom is -0.493 e. The van der Waals surface area contributed by atoms with Gasteiger partial charge in [-0.2, -0.15) is 0 Å². The van der Waals surface area contributed by atoms with Crippen molar-refractivity contribution in [3.8, 4) is 17.2 Å². The summed E-state index contributed by atoms with van der Waals surface area (Å²) in [5.74, 6) is -1.14. The molecule has 0 bridgehead atoms. The lowest BCUT2D eigenvalue weighted by Gasteiger charge is -2.13. The first kappa shape index (κ1) is 31.0. The number of carboxylic acids is 1. The predicted octanol–water partition coefficient (Wildman–Crippen LogP) is 3.95. The summed E-state index contributed by atoms with van der Waals surface area (Å²) in [6.45, 7) is 1.85. The van der Waals surface area contributed by atoms with Crippen LogP contribution in [0, 0.1) is 5.82 Å². The molecule has 0 spiro atoms. The lowest BCUT2D eigenvalue weighted by molar-refractivity contribution is 0.0693. The number of nitrogens with two attached hydrogens (primary N) is 1. The number of rotatable bonds is 8. The van der Waals surface area contributed by atoms with Crippen LogP contribution in [0.25, 0.3) is 16.6 Å². The summed E-state index contributed by atoms with van der Waals surface area (Å²) >= 11 is 0. The van der Waals surface area contributed by atoms with Crippen molar-refractivity contribution in [2.45, 2.75) is 13.5 Å². The molecule has 3 aromatic carbocycles. The summed E-state index contributed by atoms with van der Waals surface area (Å²) in [7, 11) is 3.18. The molecule has 0 radical (unpaired) electrons. The molecule has 2 aromatic heterocycles. The lowest BCUT2D eigenvalue weighted by Crippen LogP contribution is -2.41. The highest BCUT2D eigenvalue weighted by Crippen LogP contribution is 2.35. The fourth-order valence-corrected chi connectivity index (χ4v) is 4.25. The molecule has 2 heterocycles. The normalized spacial score (nSPS) is 10.5. The van der Waals surface area contributed by atoms with Crippen LogP contribution in [-0.4, -0.2) is 45.3 Å². The summed E-state index contributed by atoms with van der Waals surface area (Å²) in [4.78, 5) is 50.7. The van der Waals surface area contributed by atoms with E-state index < -0.39 is 34.5 Å². The minimum absolute atomic E-state index is 0.117. The molecule has 0 atom stereocenters. The first-order valence-electron chi connectivity index (χ1n) is 13.1. The number of aryl methyl sites for hydroxylation is 1. The Hall–Kier alpha value is -5.98. The van der Waals surface area contributed by atoms with Crippen LogP contribution in [0.5, 0.6) is 11.5 Å². The van der Waals surface area contributed by atoms with Gasteiger partial charge in [-0.15, -0.1) is 0 Å². The number of benzene rings is 3. The quantitative estimate of drug-likeness (QED) is 0.239. The average Bonchev–Trinajstić information content (AvgIpc) is 3.02. The van der Waals surface area contributed by atoms with E-state index in [1.54, 1.807) is 51.6 Å². The molecule has 12 nitrogen and oxygen atoms in total. The number of nitrogens with zero attached hydrogens (tertiary/aromatic N) is 3. The van der Waals surface area contributed by atoms with E-state index in [1.165, 1.54) is 12.1 Å². The first-order chi connectivity index (χ1) is 21.1. The molecule has 226 valence electrons. The molecule has 13 heteroatoms. The van der Waals surface area contributed by atoms with Crippen molar-refractivity contribution in [1.82, 2.24) is 14.1 Å². The molecule has 0 fully saturated rings. The Morgan fingerprint density at radius 1 is 0.977 bits per heavy atom. The van der Waals surface area contributed by atoms with Crippen molar-refractivity contribution in [3.63, 3.8) is 0 Å². The number of ether oxygens (including phenoxy) is 2. The van der Waals surface area contributed by atoms with Gasteiger partial charge >= 0.3 is 11.7 Å². The summed E-state index contributed by atoms with van der Waals surface area (Å²) < 4.78 is 25.4. The van der Waals surface area contributed by atoms with Crippen LogP contribution in [-0.2, 0) is 6.54 Å². The Kier molecular flexibility index (Phi) is 9.38. The van der Waals surface area contributed by atoms with Crippen LogP contribution in [0.3, 0.4) is 0 Å². The zero-order valence-corrected chi connectivity index (χ0v) is 23.9. The number of hydrogen-bond donors (Lipinski definition) is 3. The standard InChI is InChI=1S/C18H17N3O3.C13H11FN2O4/c1-23-16-9-13-14(7-8-20-15(13)10-17(16)24-2)21-12-5-3-11(4-6-12)18(19)22;1-2-15-7-10(12(18)19)11(17)16(13(15)20)9-5-3-8(14)4-6-9/h3-10H,1-2H3,(H2,19,22)(H,20,21);3-7H,2H2,1H3,(H,18,19). The van der Waals surface area contributed by atoms with E-state index in [4.69, 9.17) is 20.3 Å². The number of halogens is 1. The third-order valence-corrected chi connectivity index (χ3v) is 6.51. The van der Waals surface area contributed by atoms with Crippen molar-refractivity contribution < 1.29 is 28.6 Å². The number of fused-ring (bicyclic) bond motifs is 1. The Bertz CT molecular complexity index is 1950. The number of nitrogens with one attached hydrogen (secondary N) is 1. The molecule has 1 amide bonds. The number of methoxy groups -OCH3 is 2. The summed E-state index contributed by atoms with van der Waals surface area (Å²) in [6.07, 6.45) is 2.72. The molecule has 4 N–H and O–H groups in total. The van der Waals surface area contributed by atoms with E-state index in [1.807, 2.05) is 18.2 Å². The van der Waals surface area contributed by atoms with Crippen LogP contribution in [0.1, 0.15) is 27.6 Å². The second-order valence-electron chi connectivity index (χ2n) is 9.18. The van der Waals surface area contributed by atoms with Crippen LogP contribution < -0.4 is 31.8 Å². The van der Waals surface area contributed by atoms with E-state index in [0.29, 0.717) is 21.6 Å². The fourth-order valence-electron chi connectivity index (χ4n) is 4.25. The van der Waals surface area contributed by atoms with Gasteiger partial charge in [-0.05, 0) is 67.6 Å². The van der Waals surface area contributed by atoms with E-state index in [9.17, 15) is 23.6 Å². The summed E-state index contributed by atoms with van der Waals surface area (Å²) in [5, 5.41) is 13.2. The highest BCUT2D eigenvalue weighted by Gasteiger charge is 2.17. The molecular weight excluding hydrogens is 573 g/mol. The van der Waals surface area contributed by atoms with Gasteiger partial charge in [-0.1, -0.05) is 0 Å². The van der Waals surface area contributed by atoms with Crippen molar-refractivity contribution in [1.29, 1.82) is 0 Å². The summed E-state index contributed by atoms with van der Waals surface area (Å²) in [6, 6.07) is 17.2. The third kappa shape index (κ3) is 6.57. The second-order valence-corrected chi connectivity index (χ2v) is 9.18. The largest absolute Gasteiger partial charge is 0.493 e. The molecule has 5 aromatic rings. The number of pyridine rings is 1. The van der Waals surface area contributed by atoms with E-state index >= 15 is 0 Å². The van der Waals surface area contributed by atoms with Crippen molar-refractivity contribution in [3.05, 3.63) is 117 Å². The molecule has 5 rings (SSSR count). The number of anilines is 2. The fraction of sp³-hybridized carbons (Fsp3) is 0.129. The highest BCUT2D eigenvalue weighted by atomic mass is 19.1. The number of amides is 1. The van der Waals surface area contributed by atoms with Gasteiger partial charge in [0, 0.05) is 47.3 Å². The van der Waals surface area contributed by atoms with Gasteiger partial charge in [-0.25, -0.2) is 18.5 Å². The van der Waals surface area contributed by atoms with Gasteiger partial charge in [0.05, 0.1) is 25.4 Å². The molecule has 0 aliphatic carbocycles. The number of hydrogen-bond acceptors (Lipinski definition) is 8. The number of carboxylic acid groups (broad SMARTS) is 1. The van der Waals surface area contributed by atoms with Crippen LogP contribution in [0.2, 0.25) is 0 Å². The summed E-state index contributed by atoms with van der Waals surface area (Å²) in [5.41, 5.74) is 6.19. The molecular formula is C31H28FN5O7. The molecule has 0 aliphatic rings. The topological polar surface area (TPSA) is 168 Å². The predicted molar refractivity (Wildman–Crippen MR) is 162 cm³/mol. The third-order valence-electron chi connectivity index (χ3n) is 6.51. The number of carbonyl (C=O) groups is 2. The molecule has 0 saturated heterocycles. The van der Waals surface area contributed by atoms with Gasteiger partial charge in [0.25, 0.3) is 5.56 Å². The molecule has 44 heavy (non-hydrogen) atoms. The highest BCUT2D eigenvalue weighted by molar-refractivity contribution is 5.96. The molecule has 0 saturated carbocycles. The Morgan fingerprint density at radius 3 is 2.18 bits per heavy atom. The molecule has 0 unspecified atom stereocenters. The Morgan fingerprint density at radius 2 is 1.61 bits per heavy atom. The van der Waals surface area contributed by atoms with E-state index in [0.717, 1.165) is 45.2 Å². The SMILES string of the molecule is CCn1cc(C(=O)O)c(=O)n(-c2ccc(F)cc2)c1=O.COc1cc2nccc(Nc3ccc(C(N)=O)cc3)c2cc1OC. The lowest BCUT2D eigenvalue weighted by atomic mass is 10.1. The molecule has 0 aliphatic heterocycles. The second kappa shape index (κ2) is 13.3. The van der Waals surface area contributed by atoms with E-state index in [2.05, 4.69) is 10.3 Å². The maximum absolute atomic E-state index is 12.9. The number of primary amides is 1. The van der Waals surface area contributed by atoms with Crippen LogP contribution in [0.4, 0.5) is 15.8 Å². The maximum Gasteiger partial charge on any atom is 0.342 e. The van der Waals surface area contributed by atoms with Crippen LogP contribution >= 0.6 is 0 Å². The monoisotopic (exact) mass is 601 g/mol. The van der Waals surface area contributed by atoms with Gasteiger partial charge in [0.2, 0.25) is 5.91 Å². The number of aromatic carboxylic acids is 1. The maximum atomic E-state index is 12.9. The smallest absolute Gasteiger partial charge is 0.342 e.